The molecular weight excluding hydrogens is 502 g/mol. The van der Waals surface area contributed by atoms with E-state index in [4.69, 9.17) is 4.98 Å². The van der Waals surface area contributed by atoms with Gasteiger partial charge in [0, 0.05) is 36.0 Å². The summed E-state index contributed by atoms with van der Waals surface area (Å²) < 4.78 is 0. The van der Waals surface area contributed by atoms with Crippen molar-refractivity contribution in [2.75, 3.05) is 5.32 Å². The SMILES string of the molecule is O=C(CC1CCCCC1)Nc1cncc(-c2cc3c(-c4nc5c(-c6ccccn6)nccc5[nH]4)n[nH]c3cn2)c1. The second kappa shape index (κ2) is 10.3. The van der Waals surface area contributed by atoms with E-state index in [-0.39, 0.29) is 5.91 Å². The lowest BCUT2D eigenvalue weighted by atomic mass is 9.87. The average Bonchev–Trinajstić information content (AvgIpc) is 3.62. The first-order valence-electron chi connectivity index (χ1n) is 13.6. The van der Waals surface area contributed by atoms with E-state index in [1.54, 1.807) is 31.0 Å². The van der Waals surface area contributed by atoms with E-state index in [0.29, 0.717) is 35.2 Å². The van der Waals surface area contributed by atoms with Gasteiger partial charge in [-0.1, -0.05) is 25.3 Å². The van der Waals surface area contributed by atoms with Crippen molar-refractivity contribution in [2.24, 2.45) is 5.92 Å². The van der Waals surface area contributed by atoms with Gasteiger partial charge in [0.2, 0.25) is 5.91 Å². The summed E-state index contributed by atoms with van der Waals surface area (Å²) in [5, 5.41) is 11.5. The van der Waals surface area contributed by atoms with Crippen molar-refractivity contribution < 1.29 is 4.79 Å². The molecule has 1 fully saturated rings. The summed E-state index contributed by atoms with van der Waals surface area (Å²) in [7, 11) is 0. The maximum Gasteiger partial charge on any atom is 0.224 e. The number of imidazole rings is 1. The van der Waals surface area contributed by atoms with E-state index < -0.39 is 0 Å². The number of nitrogens with one attached hydrogen (secondary N) is 3. The molecule has 10 nitrogen and oxygen atoms in total. The molecule has 40 heavy (non-hydrogen) atoms. The Labute approximate surface area is 229 Å². The minimum atomic E-state index is 0.0378. The Kier molecular flexibility index (Phi) is 6.19. The summed E-state index contributed by atoms with van der Waals surface area (Å²) in [5.74, 6) is 1.13. The van der Waals surface area contributed by atoms with E-state index in [1.165, 1.54) is 19.3 Å². The minimum absolute atomic E-state index is 0.0378. The summed E-state index contributed by atoms with van der Waals surface area (Å²) in [5.41, 5.74) is 6.67. The second-order valence-electron chi connectivity index (χ2n) is 10.3. The zero-order chi connectivity index (χ0) is 26.9. The van der Waals surface area contributed by atoms with Gasteiger partial charge in [-0.2, -0.15) is 5.10 Å². The highest BCUT2D eigenvalue weighted by Crippen LogP contribution is 2.32. The molecular formula is C30H27N9O. The molecule has 0 aromatic carbocycles. The lowest BCUT2D eigenvalue weighted by molar-refractivity contribution is -0.117. The zero-order valence-electron chi connectivity index (χ0n) is 21.8. The van der Waals surface area contributed by atoms with Crippen molar-refractivity contribution in [3.8, 4) is 34.2 Å². The quantitative estimate of drug-likeness (QED) is 0.243. The number of carbonyl (C=O) groups is 1. The monoisotopic (exact) mass is 529 g/mol. The van der Waals surface area contributed by atoms with Crippen LogP contribution in [0.3, 0.4) is 0 Å². The number of H-pyrrole nitrogens is 2. The first-order chi connectivity index (χ1) is 19.7. The number of hydrogen-bond acceptors (Lipinski definition) is 7. The molecule has 0 spiro atoms. The fourth-order valence-electron chi connectivity index (χ4n) is 5.51. The molecule has 1 aliphatic carbocycles. The summed E-state index contributed by atoms with van der Waals surface area (Å²) in [6.07, 6.45) is 15.2. The molecule has 1 amide bonds. The summed E-state index contributed by atoms with van der Waals surface area (Å²) in [6.45, 7) is 0. The molecule has 10 heteroatoms. The van der Waals surface area contributed by atoms with Crippen LogP contribution >= 0.6 is 0 Å². The van der Waals surface area contributed by atoms with Crippen LogP contribution < -0.4 is 5.32 Å². The maximum atomic E-state index is 12.7. The van der Waals surface area contributed by atoms with Crippen LogP contribution in [0, 0.1) is 5.92 Å². The Morgan fingerprint density at radius 3 is 2.70 bits per heavy atom. The topological polar surface area (TPSA) is 138 Å². The van der Waals surface area contributed by atoms with Crippen LogP contribution in [0.5, 0.6) is 0 Å². The fourth-order valence-corrected chi connectivity index (χ4v) is 5.51. The van der Waals surface area contributed by atoms with Crippen LogP contribution in [0.2, 0.25) is 0 Å². The molecule has 3 N–H and O–H groups in total. The molecule has 0 atom stereocenters. The molecule has 0 unspecified atom stereocenters. The van der Waals surface area contributed by atoms with Gasteiger partial charge in [0.15, 0.2) is 5.82 Å². The van der Waals surface area contributed by atoms with Crippen molar-refractivity contribution in [1.29, 1.82) is 0 Å². The number of carbonyl (C=O) groups excluding carboxylic acids is 1. The number of amides is 1. The van der Waals surface area contributed by atoms with Crippen LogP contribution in [-0.4, -0.2) is 46.0 Å². The highest BCUT2D eigenvalue weighted by molar-refractivity contribution is 5.97. The number of hydrogen-bond donors (Lipinski definition) is 3. The lowest BCUT2D eigenvalue weighted by Crippen LogP contribution is -2.18. The predicted molar refractivity (Wildman–Crippen MR) is 153 cm³/mol. The Bertz CT molecular complexity index is 1820. The number of pyridine rings is 4. The molecule has 198 valence electrons. The van der Waals surface area contributed by atoms with Gasteiger partial charge in [-0.15, -0.1) is 0 Å². The van der Waals surface area contributed by atoms with Gasteiger partial charge in [-0.25, -0.2) is 4.98 Å². The number of fused-ring (bicyclic) bond motifs is 2. The molecule has 1 aliphatic rings. The number of rotatable bonds is 6. The lowest BCUT2D eigenvalue weighted by Gasteiger charge is -2.20. The van der Waals surface area contributed by atoms with Gasteiger partial charge in [0.05, 0.1) is 40.5 Å². The number of aromatic amines is 2. The number of aromatic nitrogens is 8. The molecule has 0 saturated heterocycles. The largest absolute Gasteiger partial charge is 0.336 e. The van der Waals surface area contributed by atoms with Gasteiger partial charge in [0.1, 0.15) is 16.9 Å². The Morgan fingerprint density at radius 2 is 1.82 bits per heavy atom. The van der Waals surface area contributed by atoms with Gasteiger partial charge in [-0.05, 0) is 49.1 Å². The van der Waals surface area contributed by atoms with Crippen LogP contribution in [0.25, 0.3) is 56.1 Å². The van der Waals surface area contributed by atoms with Crippen LogP contribution in [0.1, 0.15) is 38.5 Å². The van der Waals surface area contributed by atoms with E-state index in [2.05, 4.69) is 40.4 Å². The van der Waals surface area contributed by atoms with Gasteiger partial charge >= 0.3 is 0 Å². The van der Waals surface area contributed by atoms with Crippen molar-refractivity contribution in [2.45, 2.75) is 38.5 Å². The molecule has 7 rings (SSSR count). The molecule has 1 saturated carbocycles. The Balaban J connectivity index is 1.19. The Morgan fingerprint density at radius 1 is 0.900 bits per heavy atom. The van der Waals surface area contributed by atoms with E-state index in [9.17, 15) is 4.79 Å². The smallest absolute Gasteiger partial charge is 0.224 e. The Hall–Kier alpha value is -4.99. The number of anilines is 1. The third-order valence-electron chi connectivity index (χ3n) is 7.50. The summed E-state index contributed by atoms with van der Waals surface area (Å²) >= 11 is 0. The molecule has 6 heterocycles. The van der Waals surface area contributed by atoms with Crippen molar-refractivity contribution in [3.63, 3.8) is 0 Å². The first kappa shape index (κ1) is 24.1. The highest BCUT2D eigenvalue weighted by Gasteiger charge is 2.19. The first-order valence-corrected chi connectivity index (χ1v) is 13.6. The third kappa shape index (κ3) is 4.68. The predicted octanol–water partition coefficient (Wildman–Crippen LogP) is 5.93. The van der Waals surface area contributed by atoms with Crippen LogP contribution in [0.4, 0.5) is 5.69 Å². The fraction of sp³-hybridized carbons (Fsp3) is 0.233. The molecule has 0 aliphatic heterocycles. The molecule has 0 radical (unpaired) electrons. The van der Waals surface area contributed by atoms with Crippen LogP contribution in [0.15, 0.2) is 67.4 Å². The van der Waals surface area contributed by atoms with Gasteiger partial charge < -0.3 is 10.3 Å². The van der Waals surface area contributed by atoms with Crippen molar-refractivity contribution >= 4 is 33.5 Å². The number of nitrogens with zero attached hydrogens (tertiary/aromatic N) is 6. The maximum absolute atomic E-state index is 12.7. The normalized spacial score (nSPS) is 14.1. The molecule has 6 aromatic rings. The standard InChI is InChI=1S/C30H27N9O/c40-26(12-18-6-2-1-3-7-18)35-20-13-19(15-31-16-20)24-14-21-25(17-34-24)38-39-27(21)30-36-23-9-11-33-28(29(23)37-30)22-8-4-5-10-32-22/h4-5,8-11,13-18H,1-3,6-7,12H2,(H,35,40)(H,36,37)(H,38,39). The average molecular weight is 530 g/mol. The molecule has 0 bridgehead atoms. The van der Waals surface area contributed by atoms with E-state index in [1.807, 2.05) is 36.4 Å². The second-order valence-corrected chi connectivity index (χ2v) is 10.3. The van der Waals surface area contributed by atoms with E-state index >= 15 is 0 Å². The minimum Gasteiger partial charge on any atom is -0.336 e. The van der Waals surface area contributed by atoms with E-state index in [0.717, 1.165) is 51.7 Å². The zero-order valence-corrected chi connectivity index (χ0v) is 21.8. The summed E-state index contributed by atoms with van der Waals surface area (Å²) in [4.78, 5) is 38.9. The van der Waals surface area contributed by atoms with Crippen molar-refractivity contribution in [3.05, 3.63) is 67.4 Å². The van der Waals surface area contributed by atoms with Crippen LogP contribution in [-0.2, 0) is 4.79 Å². The van der Waals surface area contributed by atoms with Crippen molar-refractivity contribution in [1.82, 2.24) is 40.1 Å². The molecule has 6 aromatic heterocycles. The van der Waals surface area contributed by atoms with Gasteiger partial charge in [0.25, 0.3) is 0 Å². The van der Waals surface area contributed by atoms with Gasteiger partial charge in [-0.3, -0.25) is 29.8 Å². The highest BCUT2D eigenvalue weighted by atomic mass is 16.1. The third-order valence-corrected chi connectivity index (χ3v) is 7.50. The summed E-state index contributed by atoms with van der Waals surface area (Å²) in [6, 6.07) is 11.5.